The van der Waals surface area contributed by atoms with E-state index in [0.717, 1.165) is 0 Å². The van der Waals surface area contributed by atoms with Gasteiger partial charge in [0.05, 0.1) is 29.0 Å². The normalized spacial score (nSPS) is 15.8. The van der Waals surface area contributed by atoms with E-state index < -0.39 is 17.6 Å². The van der Waals surface area contributed by atoms with Gasteiger partial charge < -0.3 is 4.74 Å². The van der Waals surface area contributed by atoms with E-state index in [9.17, 15) is 0 Å². The molecule has 0 rings (SSSR count). The standard InChI is InChI=1S/C10H22OSi2/c1-7-9(12(3)4)11-10(8-2)13(5)6/h7-10,12-13H,1-2H2,3-6H3. The van der Waals surface area contributed by atoms with Crippen LogP contribution in [0, 0.1) is 0 Å². The second-order valence-corrected chi connectivity index (χ2v) is 10.3. The summed E-state index contributed by atoms with van der Waals surface area (Å²) in [5.41, 5.74) is 0.607. The predicted octanol–water partition coefficient (Wildman–Crippen LogP) is 2.16. The molecule has 0 aromatic heterocycles. The first-order valence-corrected chi connectivity index (χ1v) is 10.9. The molecule has 0 aliphatic heterocycles. The van der Waals surface area contributed by atoms with Gasteiger partial charge >= 0.3 is 0 Å². The summed E-state index contributed by atoms with van der Waals surface area (Å²) < 4.78 is 5.96. The van der Waals surface area contributed by atoms with Crippen LogP contribution in [0.1, 0.15) is 0 Å². The first-order valence-electron chi connectivity index (χ1n) is 4.93. The first-order chi connectivity index (χ1) is 6.02. The van der Waals surface area contributed by atoms with Crippen LogP contribution in [0.15, 0.2) is 25.3 Å². The summed E-state index contributed by atoms with van der Waals surface area (Å²) in [5.74, 6) is 0. The molecule has 0 aromatic carbocycles. The number of ether oxygens (including phenoxy) is 1. The zero-order chi connectivity index (χ0) is 10.4. The molecule has 0 heterocycles. The van der Waals surface area contributed by atoms with Crippen molar-refractivity contribution in [2.75, 3.05) is 0 Å². The van der Waals surface area contributed by atoms with Crippen molar-refractivity contribution in [3.05, 3.63) is 25.3 Å². The molecule has 0 aromatic rings. The molecule has 76 valence electrons. The Bertz CT molecular complexity index is 148. The highest BCUT2D eigenvalue weighted by Gasteiger charge is 2.18. The van der Waals surface area contributed by atoms with E-state index in [0.29, 0.717) is 11.5 Å². The molecule has 0 saturated carbocycles. The van der Waals surface area contributed by atoms with Gasteiger partial charge in [-0.2, -0.15) is 0 Å². The quantitative estimate of drug-likeness (QED) is 0.486. The van der Waals surface area contributed by atoms with Crippen LogP contribution in [0.5, 0.6) is 0 Å². The van der Waals surface area contributed by atoms with E-state index in [1.54, 1.807) is 0 Å². The minimum absolute atomic E-state index is 0.304. The second kappa shape index (κ2) is 6.35. The fraction of sp³-hybridized carbons (Fsp3) is 0.600. The lowest BCUT2D eigenvalue weighted by Crippen LogP contribution is -2.35. The van der Waals surface area contributed by atoms with Crippen molar-refractivity contribution in [3.63, 3.8) is 0 Å². The molecular formula is C10H22OSi2. The number of hydrogen-bond acceptors (Lipinski definition) is 1. The number of rotatable bonds is 6. The molecule has 0 fully saturated rings. The second-order valence-electron chi connectivity index (χ2n) is 4.02. The van der Waals surface area contributed by atoms with E-state index in [-0.39, 0.29) is 0 Å². The summed E-state index contributed by atoms with van der Waals surface area (Å²) in [7, 11) is -1.53. The molecule has 0 spiro atoms. The molecule has 3 heteroatoms. The van der Waals surface area contributed by atoms with Gasteiger partial charge in [0, 0.05) is 0 Å². The molecule has 0 bridgehead atoms. The Kier molecular flexibility index (Phi) is 6.28. The van der Waals surface area contributed by atoms with Crippen molar-refractivity contribution in [1.29, 1.82) is 0 Å². The van der Waals surface area contributed by atoms with Gasteiger partial charge in [-0.3, -0.25) is 0 Å². The Balaban J connectivity index is 4.19. The highest BCUT2D eigenvalue weighted by Crippen LogP contribution is 2.08. The maximum Gasteiger partial charge on any atom is 0.0705 e. The van der Waals surface area contributed by atoms with Crippen LogP contribution in [-0.2, 0) is 4.74 Å². The van der Waals surface area contributed by atoms with Crippen LogP contribution < -0.4 is 0 Å². The van der Waals surface area contributed by atoms with Crippen LogP contribution in [0.4, 0.5) is 0 Å². The smallest absolute Gasteiger partial charge is 0.0705 e. The Hall–Kier alpha value is -0.126. The highest BCUT2D eigenvalue weighted by atomic mass is 28.3. The van der Waals surface area contributed by atoms with E-state index in [2.05, 4.69) is 39.3 Å². The molecule has 1 nitrogen and oxygen atoms in total. The lowest BCUT2D eigenvalue weighted by Gasteiger charge is -2.24. The molecule has 0 saturated heterocycles. The third-order valence-electron chi connectivity index (χ3n) is 2.09. The molecule has 2 atom stereocenters. The van der Waals surface area contributed by atoms with Gasteiger partial charge in [0.2, 0.25) is 0 Å². The van der Waals surface area contributed by atoms with Gasteiger partial charge in [0.15, 0.2) is 0 Å². The lowest BCUT2D eigenvalue weighted by atomic mass is 10.6. The van der Waals surface area contributed by atoms with Gasteiger partial charge in [-0.25, -0.2) is 0 Å². The molecule has 0 aliphatic carbocycles. The molecule has 2 unspecified atom stereocenters. The largest absolute Gasteiger partial charge is 0.375 e. The van der Waals surface area contributed by atoms with Gasteiger partial charge in [-0.15, -0.1) is 13.2 Å². The monoisotopic (exact) mass is 214 g/mol. The van der Waals surface area contributed by atoms with E-state index in [1.807, 2.05) is 12.2 Å². The van der Waals surface area contributed by atoms with Crippen molar-refractivity contribution in [2.24, 2.45) is 0 Å². The van der Waals surface area contributed by atoms with Crippen LogP contribution in [0.2, 0.25) is 26.2 Å². The SMILES string of the molecule is C=CC(OC(C=C)[SiH](C)C)[SiH](C)C. The van der Waals surface area contributed by atoms with Crippen LogP contribution in [0.25, 0.3) is 0 Å². The maximum atomic E-state index is 5.96. The Morgan fingerprint density at radius 3 is 1.38 bits per heavy atom. The third kappa shape index (κ3) is 4.59. The van der Waals surface area contributed by atoms with E-state index in [1.165, 1.54) is 0 Å². The summed E-state index contributed by atoms with van der Waals surface area (Å²) in [6, 6.07) is 0. The summed E-state index contributed by atoms with van der Waals surface area (Å²) >= 11 is 0. The van der Waals surface area contributed by atoms with Crippen molar-refractivity contribution in [1.82, 2.24) is 0 Å². The predicted molar refractivity (Wildman–Crippen MR) is 66.8 cm³/mol. The third-order valence-corrected chi connectivity index (χ3v) is 5.58. The fourth-order valence-corrected chi connectivity index (χ4v) is 3.41. The summed E-state index contributed by atoms with van der Waals surface area (Å²) in [4.78, 5) is 0. The highest BCUT2D eigenvalue weighted by molar-refractivity contribution is 6.59. The van der Waals surface area contributed by atoms with Gasteiger partial charge in [-0.05, 0) is 0 Å². The minimum Gasteiger partial charge on any atom is -0.375 e. The van der Waals surface area contributed by atoms with Crippen LogP contribution in [-0.4, -0.2) is 29.0 Å². The van der Waals surface area contributed by atoms with Crippen molar-refractivity contribution < 1.29 is 4.74 Å². The summed E-state index contributed by atoms with van der Waals surface area (Å²) in [5, 5.41) is 0. The lowest BCUT2D eigenvalue weighted by molar-refractivity contribution is 0.128. The van der Waals surface area contributed by atoms with Crippen LogP contribution >= 0.6 is 0 Å². The molecule has 0 N–H and O–H groups in total. The van der Waals surface area contributed by atoms with Gasteiger partial charge in [0.25, 0.3) is 0 Å². The Morgan fingerprint density at radius 2 is 1.23 bits per heavy atom. The van der Waals surface area contributed by atoms with Crippen LogP contribution in [0.3, 0.4) is 0 Å². The van der Waals surface area contributed by atoms with Crippen molar-refractivity contribution >= 4 is 17.6 Å². The van der Waals surface area contributed by atoms with Crippen molar-refractivity contribution in [2.45, 2.75) is 37.6 Å². The summed E-state index contributed by atoms with van der Waals surface area (Å²) in [6.07, 6.45) is 3.90. The van der Waals surface area contributed by atoms with E-state index >= 15 is 0 Å². The fourth-order valence-electron chi connectivity index (χ4n) is 1.15. The summed E-state index contributed by atoms with van der Waals surface area (Å²) in [6.45, 7) is 16.8. The minimum atomic E-state index is -0.763. The molecular weight excluding hydrogens is 192 g/mol. The first kappa shape index (κ1) is 12.9. The topological polar surface area (TPSA) is 9.23 Å². The van der Waals surface area contributed by atoms with E-state index in [4.69, 9.17) is 4.74 Å². The van der Waals surface area contributed by atoms with Gasteiger partial charge in [-0.1, -0.05) is 38.3 Å². The number of hydrogen-bond donors (Lipinski definition) is 0. The zero-order valence-electron chi connectivity index (χ0n) is 9.29. The average Bonchev–Trinajstić information content (AvgIpc) is 2.05. The Labute approximate surface area is 85.7 Å². The zero-order valence-corrected chi connectivity index (χ0v) is 11.6. The Morgan fingerprint density at radius 1 is 0.923 bits per heavy atom. The maximum absolute atomic E-state index is 5.96. The van der Waals surface area contributed by atoms with Gasteiger partial charge in [0.1, 0.15) is 0 Å². The molecule has 0 aliphatic rings. The molecule has 0 amide bonds. The molecule has 0 radical (unpaired) electrons. The van der Waals surface area contributed by atoms with Crippen molar-refractivity contribution in [3.8, 4) is 0 Å². The molecule has 13 heavy (non-hydrogen) atoms. The average molecular weight is 214 g/mol.